The quantitative estimate of drug-likeness (QED) is 0.383. The average molecular weight is 333 g/mol. The highest BCUT2D eigenvalue weighted by Crippen LogP contribution is 2.29. The molecule has 0 bridgehead atoms. The largest absolute Gasteiger partial charge is 0.490 e. The number of halogens is 2. The minimum absolute atomic E-state index is 0.114. The zero-order valence-electron chi connectivity index (χ0n) is 10.1. The van der Waals surface area contributed by atoms with Crippen LogP contribution in [0.4, 0.5) is 4.39 Å². The monoisotopic (exact) mass is 332 g/mol. The van der Waals surface area contributed by atoms with Crippen LogP contribution in [0.25, 0.3) is 0 Å². The first-order valence-corrected chi connectivity index (χ1v) is 6.59. The second kappa shape index (κ2) is 6.21. The molecular weight excluding hydrogens is 319 g/mol. The van der Waals surface area contributed by atoms with Gasteiger partial charge in [0.25, 0.3) is 0 Å². The van der Waals surface area contributed by atoms with Crippen molar-refractivity contribution in [2.24, 2.45) is 16.8 Å². The molecule has 0 spiro atoms. The van der Waals surface area contributed by atoms with E-state index in [1.165, 1.54) is 12.1 Å². The third-order valence-corrected chi connectivity index (χ3v) is 3.70. The van der Waals surface area contributed by atoms with Crippen molar-refractivity contribution in [2.75, 3.05) is 19.8 Å². The lowest BCUT2D eigenvalue weighted by Gasteiger charge is -2.13. The maximum absolute atomic E-state index is 14.0. The first-order valence-electron chi connectivity index (χ1n) is 5.80. The Hall–Kier alpha value is -1.34. The smallest absolute Gasteiger partial charge is 0.179 e. The summed E-state index contributed by atoms with van der Waals surface area (Å²) in [5.74, 6) is -0.306. The molecule has 0 saturated carbocycles. The molecule has 0 radical (unpaired) electrons. The standard InChI is InChI=1S/C12H14BrFN2O3/c13-10-8(12(15)16-17)1-2-9(11(10)14)19-6-7-3-4-18-5-7/h1-2,7,17H,3-6H2,(H2,15,16). The van der Waals surface area contributed by atoms with E-state index in [1.54, 1.807) is 0 Å². The summed E-state index contributed by atoms with van der Waals surface area (Å²) in [7, 11) is 0. The summed E-state index contributed by atoms with van der Waals surface area (Å²) >= 11 is 3.07. The average Bonchev–Trinajstić information content (AvgIpc) is 2.93. The summed E-state index contributed by atoms with van der Waals surface area (Å²) in [6, 6.07) is 2.99. The Morgan fingerprint density at radius 1 is 1.63 bits per heavy atom. The van der Waals surface area contributed by atoms with Gasteiger partial charge in [0.05, 0.1) is 17.7 Å². The first kappa shape index (κ1) is 14.1. The predicted octanol–water partition coefficient (Wildman–Crippen LogP) is 2.10. The lowest BCUT2D eigenvalue weighted by Crippen LogP contribution is -2.16. The number of amidine groups is 1. The number of oxime groups is 1. The molecule has 1 unspecified atom stereocenters. The summed E-state index contributed by atoms with van der Waals surface area (Å²) in [6.07, 6.45) is 0.922. The molecule has 0 amide bonds. The van der Waals surface area contributed by atoms with Gasteiger partial charge in [-0.15, -0.1) is 0 Å². The third kappa shape index (κ3) is 3.16. The lowest BCUT2D eigenvalue weighted by atomic mass is 10.1. The van der Waals surface area contributed by atoms with Crippen molar-refractivity contribution >= 4 is 21.8 Å². The van der Waals surface area contributed by atoms with Crippen LogP contribution in [0.3, 0.4) is 0 Å². The normalized spacial score (nSPS) is 19.7. The van der Waals surface area contributed by atoms with Gasteiger partial charge in [-0.05, 0) is 34.5 Å². The van der Waals surface area contributed by atoms with Crippen LogP contribution in [0.1, 0.15) is 12.0 Å². The summed E-state index contributed by atoms with van der Waals surface area (Å²) in [5, 5.41) is 11.4. The van der Waals surface area contributed by atoms with Gasteiger partial charge in [-0.2, -0.15) is 0 Å². The van der Waals surface area contributed by atoms with Crippen molar-refractivity contribution in [2.45, 2.75) is 6.42 Å². The van der Waals surface area contributed by atoms with Crippen LogP contribution in [-0.2, 0) is 4.74 Å². The highest BCUT2D eigenvalue weighted by molar-refractivity contribution is 9.10. The Morgan fingerprint density at radius 3 is 3.05 bits per heavy atom. The zero-order chi connectivity index (χ0) is 13.8. The van der Waals surface area contributed by atoms with Crippen molar-refractivity contribution in [3.8, 4) is 5.75 Å². The molecule has 7 heteroatoms. The molecule has 1 aliphatic heterocycles. The van der Waals surface area contributed by atoms with Gasteiger partial charge in [0.1, 0.15) is 0 Å². The number of hydrogen-bond acceptors (Lipinski definition) is 4. The van der Waals surface area contributed by atoms with E-state index in [0.717, 1.165) is 13.0 Å². The molecule has 19 heavy (non-hydrogen) atoms. The number of rotatable bonds is 4. The van der Waals surface area contributed by atoms with Crippen LogP contribution in [0.2, 0.25) is 0 Å². The first-order chi connectivity index (χ1) is 9.13. The van der Waals surface area contributed by atoms with E-state index in [2.05, 4.69) is 21.1 Å². The van der Waals surface area contributed by atoms with Crippen molar-refractivity contribution < 1.29 is 19.1 Å². The van der Waals surface area contributed by atoms with Crippen molar-refractivity contribution in [3.05, 3.63) is 28.0 Å². The van der Waals surface area contributed by atoms with Crippen LogP contribution in [0.5, 0.6) is 5.75 Å². The van der Waals surface area contributed by atoms with E-state index in [0.29, 0.717) is 19.1 Å². The van der Waals surface area contributed by atoms with Gasteiger partial charge < -0.3 is 20.4 Å². The number of benzene rings is 1. The number of nitrogens with zero attached hydrogens (tertiary/aromatic N) is 1. The lowest BCUT2D eigenvalue weighted by molar-refractivity contribution is 0.165. The molecule has 0 aliphatic carbocycles. The number of nitrogens with two attached hydrogens (primary N) is 1. The maximum Gasteiger partial charge on any atom is 0.179 e. The van der Waals surface area contributed by atoms with Gasteiger partial charge in [-0.25, -0.2) is 4.39 Å². The Kier molecular flexibility index (Phi) is 4.60. The second-order valence-electron chi connectivity index (χ2n) is 4.27. The van der Waals surface area contributed by atoms with Gasteiger partial charge >= 0.3 is 0 Å². The van der Waals surface area contributed by atoms with E-state index in [-0.39, 0.29) is 21.6 Å². The Morgan fingerprint density at radius 2 is 2.42 bits per heavy atom. The molecule has 5 nitrogen and oxygen atoms in total. The molecule has 0 aromatic heterocycles. The van der Waals surface area contributed by atoms with Gasteiger partial charge in [0.2, 0.25) is 0 Å². The second-order valence-corrected chi connectivity index (χ2v) is 5.06. The van der Waals surface area contributed by atoms with Crippen molar-refractivity contribution in [1.29, 1.82) is 0 Å². The Labute approximate surface area is 118 Å². The molecule has 2 rings (SSSR count). The number of hydrogen-bond donors (Lipinski definition) is 2. The van der Waals surface area contributed by atoms with Crippen LogP contribution >= 0.6 is 15.9 Å². The minimum atomic E-state index is -0.567. The summed E-state index contributed by atoms with van der Waals surface area (Å²) in [4.78, 5) is 0. The van der Waals surface area contributed by atoms with E-state index in [4.69, 9.17) is 20.4 Å². The zero-order valence-corrected chi connectivity index (χ0v) is 11.7. The SMILES string of the molecule is N/C(=N/O)c1ccc(OCC2CCOC2)c(F)c1Br. The fourth-order valence-corrected chi connectivity index (χ4v) is 2.35. The minimum Gasteiger partial charge on any atom is -0.490 e. The molecule has 1 aromatic rings. The van der Waals surface area contributed by atoms with Crippen molar-refractivity contribution in [3.63, 3.8) is 0 Å². The van der Waals surface area contributed by atoms with E-state index >= 15 is 0 Å². The molecule has 3 N–H and O–H groups in total. The summed E-state index contributed by atoms with van der Waals surface area (Å²) in [5.41, 5.74) is 5.71. The summed E-state index contributed by atoms with van der Waals surface area (Å²) < 4.78 is 24.8. The fraction of sp³-hybridized carbons (Fsp3) is 0.417. The fourth-order valence-electron chi connectivity index (χ4n) is 1.82. The molecule has 1 heterocycles. The van der Waals surface area contributed by atoms with E-state index < -0.39 is 5.82 Å². The molecule has 1 aromatic carbocycles. The van der Waals surface area contributed by atoms with Crippen molar-refractivity contribution in [1.82, 2.24) is 0 Å². The highest BCUT2D eigenvalue weighted by Gasteiger charge is 2.19. The molecule has 1 atom stereocenters. The molecular formula is C12H14BrFN2O3. The Balaban J connectivity index is 2.11. The van der Waals surface area contributed by atoms with Crippen LogP contribution in [0.15, 0.2) is 21.8 Å². The molecule has 1 aliphatic rings. The Bertz CT molecular complexity index is 490. The summed E-state index contributed by atoms with van der Waals surface area (Å²) in [6.45, 7) is 1.78. The maximum atomic E-state index is 14.0. The number of ether oxygens (including phenoxy) is 2. The van der Waals surface area contributed by atoms with Gasteiger partial charge in [0, 0.05) is 18.1 Å². The van der Waals surface area contributed by atoms with Gasteiger partial charge in [-0.3, -0.25) is 0 Å². The van der Waals surface area contributed by atoms with Crippen LogP contribution < -0.4 is 10.5 Å². The van der Waals surface area contributed by atoms with Gasteiger partial charge in [-0.1, -0.05) is 5.16 Å². The van der Waals surface area contributed by atoms with E-state index in [1.807, 2.05) is 0 Å². The molecule has 1 fully saturated rings. The third-order valence-electron chi connectivity index (χ3n) is 2.93. The molecule has 104 valence electrons. The van der Waals surface area contributed by atoms with Crippen LogP contribution in [-0.4, -0.2) is 30.9 Å². The van der Waals surface area contributed by atoms with Gasteiger partial charge in [0.15, 0.2) is 17.4 Å². The highest BCUT2D eigenvalue weighted by atomic mass is 79.9. The topological polar surface area (TPSA) is 77.1 Å². The van der Waals surface area contributed by atoms with Crippen LogP contribution in [0, 0.1) is 11.7 Å². The van der Waals surface area contributed by atoms with E-state index in [9.17, 15) is 4.39 Å². The predicted molar refractivity (Wildman–Crippen MR) is 71.0 cm³/mol. The molecule has 1 saturated heterocycles.